The van der Waals surface area contributed by atoms with Crippen LogP contribution < -0.4 is 10.6 Å². The monoisotopic (exact) mass is 316 g/mol. The molecule has 0 aromatic heterocycles. The van der Waals surface area contributed by atoms with Crippen molar-refractivity contribution in [3.8, 4) is 0 Å². The number of thioether (sulfide) groups is 1. The fraction of sp³-hybridized carbons (Fsp3) is 0.125. The Hall–Kier alpha value is -2.47. The van der Waals surface area contributed by atoms with E-state index in [9.17, 15) is 9.59 Å². The summed E-state index contributed by atoms with van der Waals surface area (Å²) < 4.78 is 0. The lowest BCUT2D eigenvalue weighted by atomic mass is 10.1. The highest BCUT2D eigenvalue weighted by Gasteiger charge is 2.23. The molecule has 2 aromatic rings. The molecule has 0 aliphatic rings. The maximum atomic E-state index is 12.5. The van der Waals surface area contributed by atoms with Gasteiger partial charge in [-0.3, -0.25) is 4.79 Å². The Morgan fingerprint density at radius 1 is 1.05 bits per heavy atom. The third-order valence-corrected chi connectivity index (χ3v) is 3.82. The number of hydrogen-bond acceptors (Lipinski definition) is 3. The van der Waals surface area contributed by atoms with Crippen LogP contribution in [0.3, 0.4) is 0 Å². The van der Waals surface area contributed by atoms with E-state index < -0.39 is 18.0 Å². The molecule has 0 spiro atoms. The number of rotatable bonds is 5. The fourth-order valence-corrected chi connectivity index (χ4v) is 2.58. The molecular weight excluding hydrogens is 300 g/mol. The second kappa shape index (κ2) is 7.51. The van der Waals surface area contributed by atoms with Gasteiger partial charge in [0.2, 0.25) is 0 Å². The first kappa shape index (κ1) is 15.9. The molecule has 22 heavy (non-hydrogen) atoms. The number of carbonyl (C=O) groups excluding carboxylic acids is 1. The van der Waals surface area contributed by atoms with E-state index in [-0.39, 0.29) is 0 Å². The molecule has 0 heterocycles. The molecule has 2 amide bonds. The molecule has 6 heteroatoms. The van der Waals surface area contributed by atoms with Gasteiger partial charge < -0.3 is 15.7 Å². The lowest BCUT2D eigenvalue weighted by Crippen LogP contribution is -2.36. The van der Waals surface area contributed by atoms with Gasteiger partial charge in [0.25, 0.3) is 5.91 Å². The van der Waals surface area contributed by atoms with Crippen LogP contribution in [-0.2, 0) is 4.79 Å². The number of carbonyl (C=O) groups is 2. The maximum absolute atomic E-state index is 12.5. The third kappa shape index (κ3) is 4.02. The zero-order valence-corrected chi connectivity index (χ0v) is 12.8. The van der Waals surface area contributed by atoms with E-state index in [1.54, 1.807) is 30.3 Å². The molecule has 0 aliphatic carbocycles. The lowest BCUT2D eigenvalue weighted by molar-refractivity contribution is -0.118. The molecule has 0 aliphatic heterocycles. The van der Waals surface area contributed by atoms with Gasteiger partial charge >= 0.3 is 6.09 Å². The second-order valence-corrected chi connectivity index (χ2v) is 5.33. The minimum Gasteiger partial charge on any atom is -0.465 e. The number of benzene rings is 2. The topological polar surface area (TPSA) is 78.4 Å². The zero-order valence-electron chi connectivity index (χ0n) is 11.9. The van der Waals surface area contributed by atoms with Gasteiger partial charge in [-0.05, 0) is 24.0 Å². The Labute approximate surface area is 132 Å². The molecule has 1 atom stereocenters. The Balaban J connectivity index is 2.24. The summed E-state index contributed by atoms with van der Waals surface area (Å²) in [6, 6.07) is 15.2. The third-order valence-electron chi connectivity index (χ3n) is 3.03. The molecule has 0 radical (unpaired) electrons. The Morgan fingerprint density at radius 3 is 2.32 bits per heavy atom. The van der Waals surface area contributed by atoms with E-state index in [0.717, 1.165) is 4.90 Å². The highest BCUT2D eigenvalue weighted by molar-refractivity contribution is 7.98. The molecule has 0 saturated heterocycles. The molecule has 2 rings (SSSR count). The molecule has 5 nitrogen and oxygen atoms in total. The van der Waals surface area contributed by atoms with Crippen LogP contribution in [0.1, 0.15) is 11.6 Å². The fourth-order valence-electron chi connectivity index (χ4n) is 2.02. The molecule has 0 saturated carbocycles. The largest absolute Gasteiger partial charge is 0.465 e. The SMILES string of the molecule is CSc1ccccc1NC(=O)C(NC(=O)O)c1ccccc1. The van der Waals surface area contributed by atoms with Gasteiger partial charge in [0.15, 0.2) is 0 Å². The van der Waals surface area contributed by atoms with Gasteiger partial charge in [-0.2, -0.15) is 0 Å². The molecule has 0 fully saturated rings. The van der Waals surface area contributed by atoms with Crippen LogP contribution in [0.5, 0.6) is 0 Å². The molecule has 2 aromatic carbocycles. The minimum absolute atomic E-state index is 0.421. The van der Waals surface area contributed by atoms with Crippen LogP contribution in [0.2, 0.25) is 0 Å². The number of anilines is 1. The first-order chi connectivity index (χ1) is 10.6. The molecule has 0 bridgehead atoms. The van der Waals surface area contributed by atoms with Gasteiger partial charge in [-0.25, -0.2) is 4.79 Å². The average molecular weight is 316 g/mol. The van der Waals surface area contributed by atoms with Gasteiger partial charge in [-0.15, -0.1) is 11.8 Å². The normalized spacial score (nSPS) is 11.5. The Bertz CT molecular complexity index is 661. The first-order valence-corrected chi connectivity index (χ1v) is 7.82. The summed E-state index contributed by atoms with van der Waals surface area (Å²) in [7, 11) is 0. The van der Waals surface area contributed by atoms with Crippen molar-refractivity contribution in [2.24, 2.45) is 0 Å². The van der Waals surface area contributed by atoms with Crippen LogP contribution in [0.15, 0.2) is 59.5 Å². The number of amides is 2. The second-order valence-electron chi connectivity index (χ2n) is 4.48. The number of carboxylic acid groups (broad SMARTS) is 1. The van der Waals surface area contributed by atoms with E-state index in [1.807, 2.05) is 30.5 Å². The highest BCUT2D eigenvalue weighted by Crippen LogP contribution is 2.26. The van der Waals surface area contributed by atoms with E-state index in [0.29, 0.717) is 11.3 Å². The van der Waals surface area contributed by atoms with E-state index in [1.165, 1.54) is 11.8 Å². The van der Waals surface area contributed by atoms with Crippen LogP contribution in [0.4, 0.5) is 10.5 Å². The van der Waals surface area contributed by atoms with Crippen LogP contribution >= 0.6 is 11.8 Å². The summed E-state index contributed by atoms with van der Waals surface area (Å²) >= 11 is 1.51. The van der Waals surface area contributed by atoms with E-state index in [2.05, 4.69) is 10.6 Å². The summed E-state index contributed by atoms with van der Waals surface area (Å²) in [4.78, 5) is 24.4. The summed E-state index contributed by atoms with van der Waals surface area (Å²) in [5.74, 6) is -0.421. The number of hydrogen-bond donors (Lipinski definition) is 3. The lowest BCUT2D eigenvalue weighted by Gasteiger charge is -2.18. The molecule has 3 N–H and O–H groups in total. The Morgan fingerprint density at radius 2 is 1.68 bits per heavy atom. The highest BCUT2D eigenvalue weighted by atomic mass is 32.2. The minimum atomic E-state index is -1.25. The molecular formula is C16H16N2O3S. The standard InChI is InChI=1S/C16H16N2O3S/c1-22-13-10-6-5-9-12(13)17-15(19)14(18-16(20)21)11-7-3-2-4-8-11/h2-10,14,18H,1H3,(H,17,19)(H,20,21). The summed E-state index contributed by atoms with van der Waals surface area (Å²) in [5, 5.41) is 14.0. The first-order valence-electron chi connectivity index (χ1n) is 6.60. The maximum Gasteiger partial charge on any atom is 0.405 e. The van der Waals surface area contributed by atoms with Crippen molar-refractivity contribution >= 4 is 29.4 Å². The predicted molar refractivity (Wildman–Crippen MR) is 87.2 cm³/mol. The van der Waals surface area contributed by atoms with E-state index >= 15 is 0 Å². The molecule has 114 valence electrons. The van der Waals surface area contributed by atoms with Crippen LogP contribution in [-0.4, -0.2) is 23.4 Å². The van der Waals surface area contributed by atoms with Gasteiger partial charge in [-0.1, -0.05) is 42.5 Å². The van der Waals surface area contributed by atoms with Crippen LogP contribution in [0.25, 0.3) is 0 Å². The van der Waals surface area contributed by atoms with Crippen molar-refractivity contribution in [3.05, 3.63) is 60.2 Å². The van der Waals surface area contributed by atoms with Crippen molar-refractivity contribution in [1.29, 1.82) is 0 Å². The Kier molecular flexibility index (Phi) is 5.43. The quantitative estimate of drug-likeness (QED) is 0.739. The average Bonchev–Trinajstić information content (AvgIpc) is 2.53. The van der Waals surface area contributed by atoms with Crippen molar-refractivity contribution in [2.75, 3.05) is 11.6 Å². The van der Waals surface area contributed by atoms with Crippen molar-refractivity contribution in [3.63, 3.8) is 0 Å². The predicted octanol–water partition coefficient (Wildman–Crippen LogP) is 3.36. The number of para-hydroxylation sites is 1. The van der Waals surface area contributed by atoms with E-state index in [4.69, 9.17) is 5.11 Å². The summed E-state index contributed by atoms with van der Waals surface area (Å²) in [5.41, 5.74) is 1.25. The van der Waals surface area contributed by atoms with Gasteiger partial charge in [0, 0.05) is 4.90 Å². The summed E-state index contributed by atoms with van der Waals surface area (Å²) in [6.07, 6.45) is 0.664. The smallest absolute Gasteiger partial charge is 0.405 e. The summed E-state index contributed by atoms with van der Waals surface area (Å²) in [6.45, 7) is 0. The van der Waals surface area contributed by atoms with Crippen LogP contribution in [0, 0.1) is 0 Å². The van der Waals surface area contributed by atoms with Gasteiger partial charge in [0.05, 0.1) is 5.69 Å². The zero-order chi connectivity index (χ0) is 15.9. The molecule has 1 unspecified atom stereocenters. The van der Waals surface area contributed by atoms with Crippen molar-refractivity contribution < 1.29 is 14.7 Å². The van der Waals surface area contributed by atoms with Crippen molar-refractivity contribution in [1.82, 2.24) is 5.32 Å². The van der Waals surface area contributed by atoms with Gasteiger partial charge in [0.1, 0.15) is 6.04 Å². The van der Waals surface area contributed by atoms with Crippen molar-refractivity contribution in [2.45, 2.75) is 10.9 Å². The number of nitrogens with one attached hydrogen (secondary N) is 2.